The predicted octanol–water partition coefficient (Wildman–Crippen LogP) is 2.77. The van der Waals surface area contributed by atoms with Gasteiger partial charge in [-0.1, -0.05) is 0 Å². The number of hydrogen-bond acceptors (Lipinski definition) is 4. The lowest BCUT2D eigenvalue weighted by molar-refractivity contribution is -0.138. The van der Waals surface area contributed by atoms with E-state index in [1.54, 1.807) is 6.92 Å². The minimum Gasteiger partial charge on any atom is -0.481 e. The first kappa shape index (κ1) is 14.9. The fourth-order valence-electron chi connectivity index (χ4n) is 2.63. The summed E-state index contributed by atoms with van der Waals surface area (Å²) in [7, 11) is 0. The molecular formula is C15H22N2O3. The van der Waals surface area contributed by atoms with Crippen LogP contribution in [0.5, 0.6) is 0 Å². The summed E-state index contributed by atoms with van der Waals surface area (Å²) >= 11 is 0. The normalized spacial score (nSPS) is 17.8. The van der Waals surface area contributed by atoms with Gasteiger partial charge in [-0.25, -0.2) is 9.97 Å². The Morgan fingerprint density at radius 3 is 2.30 bits per heavy atom. The molecule has 1 aliphatic rings. The van der Waals surface area contributed by atoms with Crippen LogP contribution < -0.4 is 0 Å². The lowest BCUT2D eigenvalue weighted by Crippen LogP contribution is -2.17. The summed E-state index contributed by atoms with van der Waals surface area (Å²) in [6.45, 7) is 7.97. The van der Waals surface area contributed by atoms with Gasteiger partial charge in [-0.3, -0.25) is 4.79 Å². The molecular weight excluding hydrogens is 256 g/mol. The van der Waals surface area contributed by atoms with Crippen LogP contribution in [0.4, 0.5) is 0 Å². The average molecular weight is 278 g/mol. The molecule has 1 aromatic heterocycles. The maximum Gasteiger partial charge on any atom is 0.310 e. The number of rotatable bonds is 6. The summed E-state index contributed by atoms with van der Waals surface area (Å²) in [6.07, 6.45) is 2.25. The highest BCUT2D eigenvalue weighted by Crippen LogP contribution is 2.42. The van der Waals surface area contributed by atoms with Crippen LogP contribution in [0.25, 0.3) is 0 Å². The van der Waals surface area contributed by atoms with Crippen molar-refractivity contribution in [2.24, 2.45) is 5.92 Å². The molecule has 1 aromatic rings. The molecule has 1 saturated carbocycles. The molecule has 2 rings (SSSR count). The van der Waals surface area contributed by atoms with Crippen molar-refractivity contribution >= 4 is 5.97 Å². The van der Waals surface area contributed by atoms with Crippen molar-refractivity contribution in [3.63, 3.8) is 0 Å². The van der Waals surface area contributed by atoms with Gasteiger partial charge >= 0.3 is 5.97 Å². The van der Waals surface area contributed by atoms with Crippen LogP contribution in [-0.2, 0) is 9.53 Å². The molecule has 110 valence electrons. The molecule has 2 atom stereocenters. The van der Waals surface area contributed by atoms with Crippen LogP contribution in [0.2, 0.25) is 0 Å². The van der Waals surface area contributed by atoms with Gasteiger partial charge in [-0.05, 0) is 46.5 Å². The number of nitrogens with zero attached hydrogens (tertiary/aromatic N) is 2. The van der Waals surface area contributed by atoms with Gasteiger partial charge in [-0.2, -0.15) is 0 Å². The van der Waals surface area contributed by atoms with Crippen molar-refractivity contribution in [3.05, 3.63) is 22.8 Å². The summed E-state index contributed by atoms with van der Waals surface area (Å²) < 4.78 is 5.77. The van der Waals surface area contributed by atoms with Gasteiger partial charge in [0.05, 0.1) is 5.92 Å². The Balaban J connectivity index is 2.36. The number of hydrogen-bond donors (Lipinski definition) is 1. The molecule has 0 amide bonds. The minimum atomic E-state index is -0.851. The Hall–Kier alpha value is -1.49. The van der Waals surface area contributed by atoms with Crippen molar-refractivity contribution in [2.75, 3.05) is 6.61 Å². The SMILES string of the molecule is CCOC(c1nc(C)c(C(C)C(=O)O)c(C)n1)C1CC1. The summed E-state index contributed by atoms with van der Waals surface area (Å²) in [6, 6.07) is 0. The van der Waals surface area contributed by atoms with E-state index in [1.165, 1.54) is 0 Å². The van der Waals surface area contributed by atoms with Gasteiger partial charge in [0.25, 0.3) is 0 Å². The lowest BCUT2D eigenvalue weighted by Gasteiger charge is -2.19. The van der Waals surface area contributed by atoms with Crippen molar-refractivity contribution in [2.45, 2.75) is 52.6 Å². The number of carboxylic acid groups (broad SMARTS) is 1. The zero-order chi connectivity index (χ0) is 14.9. The van der Waals surface area contributed by atoms with E-state index in [4.69, 9.17) is 9.84 Å². The number of carboxylic acids is 1. The van der Waals surface area contributed by atoms with E-state index in [1.807, 2.05) is 20.8 Å². The molecule has 5 heteroatoms. The van der Waals surface area contributed by atoms with Gasteiger partial charge in [0, 0.05) is 23.6 Å². The molecule has 0 radical (unpaired) electrons. The Kier molecular flexibility index (Phi) is 4.38. The van der Waals surface area contributed by atoms with Gasteiger partial charge in [0.2, 0.25) is 0 Å². The molecule has 1 fully saturated rings. The van der Waals surface area contributed by atoms with Crippen LogP contribution in [0, 0.1) is 19.8 Å². The third-order valence-electron chi connectivity index (χ3n) is 3.80. The Bertz CT molecular complexity index is 489. The first-order valence-electron chi connectivity index (χ1n) is 7.15. The second-order valence-corrected chi connectivity index (χ2v) is 5.44. The van der Waals surface area contributed by atoms with Crippen LogP contribution in [0.1, 0.15) is 61.5 Å². The van der Waals surface area contributed by atoms with E-state index >= 15 is 0 Å². The van der Waals surface area contributed by atoms with Crippen LogP contribution in [0.3, 0.4) is 0 Å². The predicted molar refractivity (Wildman–Crippen MR) is 74.6 cm³/mol. The zero-order valence-electron chi connectivity index (χ0n) is 12.5. The van der Waals surface area contributed by atoms with E-state index < -0.39 is 11.9 Å². The van der Waals surface area contributed by atoms with E-state index in [9.17, 15) is 4.79 Å². The Morgan fingerprint density at radius 2 is 1.90 bits per heavy atom. The van der Waals surface area contributed by atoms with Gasteiger partial charge < -0.3 is 9.84 Å². The number of aliphatic carboxylic acids is 1. The first-order chi connectivity index (χ1) is 9.45. The maximum absolute atomic E-state index is 11.2. The highest BCUT2D eigenvalue weighted by Gasteiger charge is 2.35. The zero-order valence-corrected chi connectivity index (χ0v) is 12.5. The molecule has 2 unspecified atom stereocenters. The molecule has 0 spiro atoms. The van der Waals surface area contributed by atoms with Crippen molar-refractivity contribution in [1.29, 1.82) is 0 Å². The van der Waals surface area contributed by atoms with Crippen LogP contribution in [-0.4, -0.2) is 27.7 Å². The number of carbonyl (C=O) groups is 1. The molecule has 0 aromatic carbocycles. The molecule has 20 heavy (non-hydrogen) atoms. The van der Waals surface area contributed by atoms with Crippen molar-refractivity contribution < 1.29 is 14.6 Å². The molecule has 0 saturated heterocycles. The summed E-state index contributed by atoms with van der Waals surface area (Å²) in [4.78, 5) is 20.2. The number of aromatic nitrogens is 2. The molecule has 1 aliphatic carbocycles. The maximum atomic E-state index is 11.2. The summed E-state index contributed by atoms with van der Waals surface area (Å²) in [5.74, 6) is -0.228. The fraction of sp³-hybridized carbons (Fsp3) is 0.667. The average Bonchev–Trinajstić information content (AvgIpc) is 3.18. The number of aryl methyl sites for hydroxylation is 2. The smallest absolute Gasteiger partial charge is 0.310 e. The van der Waals surface area contributed by atoms with Gasteiger partial charge in [0.15, 0.2) is 5.82 Å². The second-order valence-electron chi connectivity index (χ2n) is 5.44. The third-order valence-corrected chi connectivity index (χ3v) is 3.80. The molecule has 0 bridgehead atoms. The van der Waals surface area contributed by atoms with E-state index in [2.05, 4.69) is 9.97 Å². The molecule has 0 aliphatic heterocycles. The first-order valence-corrected chi connectivity index (χ1v) is 7.15. The summed E-state index contributed by atoms with van der Waals surface area (Å²) in [5, 5.41) is 9.17. The largest absolute Gasteiger partial charge is 0.481 e. The standard InChI is InChI=1S/C15H22N2O3/c1-5-20-13(11-6-7-11)14-16-9(3)12(10(4)17-14)8(2)15(18)19/h8,11,13H,5-7H2,1-4H3,(H,18,19). The minimum absolute atomic E-state index is 0.0495. The molecule has 5 nitrogen and oxygen atoms in total. The van der Waals surface area contributed by atoms with Crippen LogP contribution >= 0.6 is 0 Å². The van der Waals surface area contributed by atoms with E-state index in [0.717, 1.165) is 24.2 Å². The van der Waals surface area contributed by atoms with Crippen LogP contribution in [0.15, 0.2) is 0 Å². The number of ether oxygens (including phenoxy) is 1. The monoisotopic (exact) mass is 278 g/mol. The Morgan fingerprint density at radius 1 is 1.35 bits per heavy atom. The van der Waals surface area contributed by atoms with Gasteiger partial charge in [0.1, 0.15) is 6.10 Å². The highest BCUT2D eigenvalue weighted by atomic mass is 16.5. The van der Waals surface area contributed by atoms with E-state index in [-0.39, 0.29) is 6.10 Å². The molecule has 1 N–H and O–H groups in total. The van der Waals surface area contributed by atoms with Crippen molar-refractivity contribution in [1.82, 2.24) is 9.97 Å². The quantitative estimate of drug-likeness (QED) is 0.866. The highest BCUT2D eigenvalue weighted by molar-refractivity contribution is 5.76. The van der Waals surface area contributed by atoms with Gasteiger partial charge in [-0.15, -0.1) is 0 Å². The van der Waals surface area contributed by atoms with Crippen molar-refractivity contribution in [3.8, 4) is 0 Å². The van der Waals surface area contributed by atoms with E-state index in [0.29, 0.717) is 23.9 Å². The Labute approximate surface area is 119 Å². The second kappa shape index (κ2) is 5.87. The fourth-order valence-corrected chi connectivity index (χ4v) is 2.63. The third kappa shape index (κ3) is 2.98. The topological polar surface area (TPSA) is 72.3 Å². The summed E-state index contributed by atoms with van der Waals surface area (Å²) in [5.41, 5.74) is 2.20. The lowest BCUT2D eigenvalue weighted by atomic mass is 9.98. The molecule has 1 heterocycles.